The fraction of sp³-hybridized carbons (Fsp3) is 0.846. The second-order valence-corrected chi connectivity index (χ2v) is 5.55. The zero-order valence-corrected chi connectivity index (χ0v) is 10.8. The third kappa shape index (κ3) is 3.02. The number of ether oxygens (including phenoxy) is 1. The van der Waals surface area contributed by atoms with E-state index in [-0.39, 0.29) is 18.6 Å². The third-order valence-electron chi connectivity index (χ3n) is 4.00. The molecule has 0 saturated heterocycles. The first kappa shape index (κ1) is 13.3. The third-order valence-corrected chi connectivity index (χ3v) is 4.00. The molecule has 0 aromatic carbocycles. The Hall–Kier alpha value is -1.10. The first-order chi connectivity index (χ1) is 8.53. The molecule has 1 amide bonds. The van der Waals surface area contributed by atoms with Gasteiger partial charge in [-0.2, -0.15) is 0 Å². The Balaban J connectivity index is 1.73. The lowest BCUT2D eigenvalue weighted by Gasteiger charge is -2.28. The molecule has 2 rings (SSSR count). The summed E-state index contributed by atoms with van der Waals surface area (Å²) in [6.07, 6.45) is 5.71. The SMILES string of the molecule is CC1CCCCC1OCC(=O)NC1(C(=O)O)CC1. The largest absolute Gasteiger partial charge is 0.480 e. The molecule has 2 N–H and O–H groups in total. The smallest absolute Gasteiger partial charge is 0.329 e. The fourth-order valence-corrected chi connectivity index (χ4v) is 2.53. The van der Waals surface area contributed by atoms with Gasteiger partial charge in [0.25, 0.3) is 0 Å². The number of carboxylic acid groups (broad SMARTS) is 1. The molecule has 102 valence electrons. The summed E-state index contributed by atoms with van der Waals surface area (Å²) in [5.74, 6) is -0.768. The molecule has 0 aromatic heterocycles. The highest BCUT2D eigenvalue weighted by Crippen LogP contribution is 2.35. The van der Waals surface area contributed by atoms with Gasteiger partial charge in [-0.25, -0.2) is 4.79 Å². The van der Waals surface area contributed by atoms with Crippen molar-refractivity contribution in [3.63, 3.8) is 0 Å². The zero-order valence-electron chi connectivity index (χ0n) is 10.8. The molecule has 18 heavy (non-hydrogen) atoms. The van der Waals surface area contributed by atoms with Crippen LogP contribution >= 0.6 is 0 Å². The van der Waals surface area contributed by atoms with Gasteiger partial charge in [0, 0.05) is 0 Å². The molecular weight excluding hydrogens is 234 g/mol. The van der Waals surface area contributed by atoms with Crippen molar-refractivity contribution < 1.29 is 19.4 Å². The number of carbonyl (C=O) groups excluding carboxylic acids is 1. The van der Waals surface area contributed by atoms with Crippen molar-refractivity contribution >= 4 is 11.9 Å². The van der Waals surface area contributed by atoms with Crippen LogP contribution in [0.1, 0.15) is 45.4 Å². The summed E-state index contributed by atoms with van der Waals surface area (Å²) < 4.78 is 5.61. The normalized spacial score (nSPS) is 29.6. The van der Waals surface area contributed by atoms with Crippen LogP contribution in [-0.4, -0.2) is 35.2 Å². The minimum atomic E-state index is -1.00. The highest BCUT2D eigenvalue weighted by Gasteiger charge is 2.51. The van der Waals surface area contributed by atoms with Crippen molar-refractivity contribution in [3.05, 3.63) is 0 Å². The average Bonchev–Trinajstić information content (AvgIpc) is 3.09. The molecule has 2 aliphatic carbocycles. The van der Waals surface area contributed by atoms with Gasteiger partial charge in [0.15, 0.2) is 0 Å². The Morgan fingerprint density at radius 2 is 2.00 bits per heavy atom. The van der Waals surface area contributed by atoms with Gasteiger partial charge in [0.1, 0.15) is 12.1 Å². The van der Waals surface area contributed by atoms with Crippen LogP contribution in [0.4, 0.5) is 0 Å². The van der Waals surface area contributed by atoms with E-state index in [9.17, 15) is 9.59 Å². The van der Waals surface area contributed by atoms with Gasteiger partial charge < -0.3 is 15.2 Å². The van der Waals surface area contributed by atoms with E-state index in [1.807, 2.05) is 0 Å². The summed E-state index contributed by atoms with van der Waals surface area (Å²) in [4.78, 5) is 22.6. The summed E-state index contributed by atoms with van der Waals surface area (Å²) in [6.45, 7) is 2.12. The van der Waals surface area contributed by atoms with E-state index in [0.717, 1.165) is 19.3 Å². The van der Waals surface area contributed by atoms with E-state index >= 15 is 0 Å². The van der Waals surface area contributed by atoms with Crippen molar-refractivity contribution in [1.82, 2.24) is 5.32 Å². The minimum absolute atomic E-state index is 0.0238. The van der Waals surface area contributed by atoms with Crippen LogP contribution in [0.5, 0.6) is 0 Å². The van der Waals surface area contributed by atoms with Crippen molar-refractivity contribution in [1.29, 1.82) is 0 Å². The van der Waals surface area contributed by atoms with Crippen LogP contribution in [0.25, 0.3) is 0 Å². The van der Waals surface area contributed by atoms with E-state index in [4.69, 9.17) is 9.84 Å². The Labute approximate surface area is 107 Å². The molecule has 2 aliphatic rings. The van der Waals surface area contributed by atoms with Crippen LogP contribution in [0.15, 0.2) is 0 Å². The fourth-order valence-electron chi connectivity index (χ4n) is 2.53. The Bertz CT molecular complexity index is 338. The van der Waals surface area contributed by atoms with Crippen molar-refractivity contribution in [2.24, 2.45) is 5.92 Å². The van der Waals surface area contributed by atoms with Crippen LogP contribution in [-0.2, 0) is 14.3 Å². The zero-order chi connectivity index (χ0) is 13.2. The quantitative estimate of drug-likeness (QED) is 0.776. The van der Waals surface area contributed by atoms with E-state index < -0.39 is 11.5 Å². The first-order valence-corrected chi connectivity index (χ1v) is 6.69. The van der Waals surface area contributed by atoms with Gasteiger partial charge in [0.2, 0.25) is 5.91 Å². The van der Waals surface area contributed by atoms with E-state index in [1.165, 1.54) is 6.42 Å². The average molecular weight is 255 g/mol. The lowest BCUT2D eigenvalue weighted by atomic mass is 9.88. The molecule has 2 atom stereocenters. The van der Waals surface area contributed by atoms with Gasteiger partial charge in [-0.1, -0.05) is 19.8 Å². The topological polar surface area (TPSA) is 75.6 Å². The summed E-state index contributed by atoms with van der Waals surface area (Å²) in [5, 5.41) is 11.5. The number of hydrogen-bond acceptors (Lipinski definition) is 3. The molecule has 5 nitrogen and oxygen atoms in total. The van der Waals surface area contributed by atoms with Crippen LogP contribution < -0.4 is 5.32 Å². The van der Waals surface area contributed by atoms with Gasteiger partial charge >= 0.3 is 5.97 Å². The van der Waals surface area contributed by atoms with Gasteiger partial charge in [-0.3, -0.25) is 4.79 Å². The molecule has 0 radical (unpaired) electrons. The maximum absolute atomic E-state index is 11.7. The van der Waals surface area contributed by atoms with Crippen molar-refractivity contribution in [2.75, 3.05) is 6.61 Å². The number of carboxylic acids is 1. The monoisotopic (exact) mass is 255 g/mol. The number of hydrogen-bond donors (Lipinski definition) is 2. The predicted molar refractivity (Wildman–Crippen MR) is 65.1 cm³/mol. The molecule has 0 bridgehead atoms. The van der Waals surface area contributed by atoms with E-state index in [2.05, 4.69) is 12.2 Å². The van der Waals surface area contributed by atoms with Gasteiger partial charge in [-0.15, -0.1) is 0 Å². The molecule has 5 heteroatoms. The summed E-state index contributed by atoms with van der Waals surface area (Å²) in [7, 11) is 0. The lowest BCUT2D eigenvalue weighted by Crippen LogP contribution is -2.45. The molecule has 0 spiro atoms. The first-order valence-electron chi connectivity index (χ1n) is 6.69. The summed E-state index contributed by atoms with van der Waals surface area (Å²) in [5.41, 5.74) is -1.00. The number of nitrogens with one attached hydrogen (secondary N) is 1. The van der Waals surface area contributed by atoms with E-state index in [0.29, 0.717) is 18.8 Å². The minimum Gasteiger partial charge on any atom is -0.480 e. The maximum Gasteiger partial charge on any atom is 0.329 e. The number of rotatable bonds is 5. The molecule has 0 heterocycles. The van der Waals surface area contributed by atoms with Crippen LogP contribution in [0.2, 0.25) is 0 Å². The highest BCUT2D eigenvalue weighted by atomic mass is 16.5. The summed E-state index contributed by atoms with van der Waals surface area (Å²) >= 11 is 0. The lowest BCUT2D eigenvalue weighted by molar-refractivity contribution is -0.144. The van der Waals surface area contributed by atoms with Crippen molar-refractivity contribution in [3.8, 4) is 0 Å². The number of amides is 1. The highest BCUT2D eigenvalue weighted by molar-refractivity contribution is 5.89. The van der Waals surface area contributed by atoms with Crippen molar-refractivity contribution in [2.45, 2.75) is 57.1 Å². The van der Waals surface area contributed by atoms with Crippen LogP contribution in [0.3, 0.4) is 0 Å². The number of aliphatic carboxylic acids is 1. The second-order valence-electron chi connectivity index (χ2n) is 5.55. The van der Waals surface area contributed by atoms with Gasteiger partial charge in [0.05, 0.1) is 6.10 Å². The second kappa shape index (κ2) is 5.26. The Morgan fingerprint density at radius 3 is 2.56 bits per heavy atom. The molecule has 2 saturated carbocycles. The molecule has 2 fully saturated rings. The van der Waals surface area contributed by atoms with E-state index in [1.54, 1.807) is 0 Å². The molecule has 0 aromatic rings. The Morgan fingerprint density at radius 1 is 1.33 bits per heavy atom. The van der Waals surface area contributed by atoms with Crippen LogP contribution in [0, 0.1) is 5.92 Å². The summed E-state index contributed by atoms with van der Waals surface area (Å²) in [6, 6.07) is 0. The predicted octanol–water partition coefficient (Wildman–Crippen LogP) is 1.32. The molecular formula is C13H21NO4. The standard InChI is InChI=1S/C13H21NO4/c1-9-4-2-3-5-10(9)18-8-11(15)14-13(6-7-13)12(16)17/h9-10H,2-8H2,1H3,(H,14,15)(H,16,17). The Kier molecular flexibility index (Phi) is 3.90. The molecule has 2 unspecified atom stereocenters. The van der Waals surface area contributed by atoms with Gasteiger partial charge in [-0.05, 0) is 31.6 Å². The molecule has 0 aliphatic heterocycles. The maximum atomic E-state index is 11.7. The number of carbonyl (C=O) groups is 2.